The molecule has 134 valence electrons. The fourth-order valence-corrected chi connectivity index (χ4v) is 2.23. The minimum Gasteiger partial charge on any atom is -0.357 e. The summed E-state index contributed by atoms with van der Waals surface area (Å²) in [6.45, 7) is 10.1. The van der Waals surface area contributed by atoms with Crippen molar-refractivity contribution < 1.29 is 0 Å². The summed E-state index contributed by atoms with van der Waals surface area (Å²) < 4.78 is 3.97. The molecular formula is C15H27IN8. The lowest BCUT2D eigenvalue weighted by molar-refractivity contribution is 0.614. The molecule has 0 amide bonds. The molecule has 2 heterocycles. The van der Waals surface area contributed by atoms with E-state index in [2.05, 4.69) is 49.3 Å². The fraction of sp³-hybridized carbons (Fsp3) is 0.600. The number of guanidine groups is 1. The van der Waals surface area contributed by atoms with Crippen LogP contribution in [0.15, 0.2) is 23.7 Å². The summed E-state index contributed by atoms with van der Waals surface area (Å²) in [5.74, 6) is 1.82. The number of rotatable bonds is 8. The SMILES string of the molecule is CCNC(=NCCn1cc(C)cn1)NCCn1cnnc1CC.I. The molecule has 9 heteroatoms. The van der Waals surface area contributed by atoms with Crippen molar-refractivity contribution in [2.75, 3.05) is 19.6 Å². The Bertz CT molecular complexity index is 619. The second-order valence-corrected chi connectivity index (χ2v) is 5.26. The van der Waals surface area contributed by atoms with Gasteiger partial charge in [-0.15, -0.1) is 34.2 Å². The molecule has 0 aliphatic rings. The smallest absolute Gasteiger partial charge is 0.191 e. The number of aliphatic imine (C=N–C) groups is 1. The van der Waals surface area contributed by atoms with Gasteiger partial charge in [-0.3, -0.25) is 9.67 Å². The predicted molar refractivity (Wildman–Crippen MR) is 106 cm³/mol. The van der Waals surface area contributed by atoms with Crippen LogP contribution in [0.25, 0.3) is 0 Å². The van der Waals surface area contributed by atoms with E-state index in [1.807, 2.05) is 24.0 Å². The number of nitrogens with one attached hydrogen (secondary N) is 2. The maximum Gasteiger partial charge on any atom is 0.191 e. The second kappa shape index (κ2) is 11.0. The summed E-state index contributed by atoms with van der Waals surface area (Å²) in [6, 6.07) is 0. The lowest BCUT2D eigenvalue weighted by Crippen LogP contribution is -2.39. The second-order valence-electron chi connectivity index (χ2n) is 5.26. The van der Waals surface area contributed by atoms with E-state index in [4.69, 9.17) is 0 Å². The summed E-state index contributed by atoms with van der Waals surface area (Å²) in [5, 5.41) is 18.9. The number of hydrogen-bond donors (Lipinski definition) is 2. The van der Waals surface area contributed by atoms with Gasteiger partial charge in [0.1, 0.15) is 12.2 Å². The van der Waals surface area contributed by atoms with Gasteiger partial charge in [-0.2, -0.15) is 5.10 Å². The molecule has 0 aromatic carbocycles. The Balaban J connectivity index is 0.00000288. The molecule has 0 bridgehead atoms. The van der Waals surface area contributed by atoms with Crippen molar-refractivity contribution in [1.82, 2.24) is 35.2 Å². The molecule has 0 saturated heterocycles. The highest BCUT2D eigenvalue weighted by Gasteiger charge is 2.02. The molecule has 2 N–H and O–H groups in total. The maximum atomic E-state index is 4.57. The fourth-order valence-electron chi connectivity index (χ4n) is 2.23. The van der Waals surface area contributed by atoms with Crippen molar-refractivity contribution in [3.05, 3.63) is 30.1 Å². The third-order valence-electron chi connectivity index (χ3n) is 3.36. The average molecular weight is 446 g/mol. The van der Waals surface area contributed by atoms with Gasteiger partial charge in [0.25, 0.3) is 0 Å². The normalized spacial score (nSPS) is 11.2. The standard InChI is InChI=1S/C15H26N8.HI/c1-4-14-21-19-12-22(14)8-6-17-15(16-5-2)18-7-9-23-11-13(3)10-20-23;/h10-12H,4-9H2,1-3H3,(H2,16,17,18);1H. The Morgan fingerprint density at radius 3 is 2.75 bits per heavy atom. The lowest BCUT2D eigenvalue weighted by atomic mass is 10.4. The van der Waals surface area contributed by atoms with Crippen molar-refractivity contribution in [2.24, 2.45) is 4.99 Å². The highest BCUT2D eigenvalue weighted by molar-refractivity contribution is 14.0. The summed E-state index contributed by atoms with van der Waals surface area (Å²) >= 11 is 0. The third kappa shape index (κ3) is 6.46. The zero-order valence-electron chi connectivity index (χ0n) is 14.6. The number of halogens is 1. The van der Waals surface area contributed by atoms with Crippen molar-refractivity contribution in [2.45, 2.75) is 40.3 Å². The average Bonchev–Trinajstić information content (AvgIpc) is 3.16. The van der Waals surface area contributed by atoms with Crippen LogP contribution in [0, 0.1) is 6.92 Å². The number of aromatic nitrogens is 5. The van der Waals surface area contributed by atoms with Crippen molar-refractivity contribution in [1.29, 1.82) is 0 Å². The van der Waals surface area contributed by atoms with Crippen molar-refractivity contribution in [3.8, 4) is 0 Å². The van der Waals surface area contributed by atoms with Gasteiger partial charge in [-0.05, 0) is 19.4 Å². The molecule has 0 atom stereocenters. The first-order chi connectivity index (χ1) is 11.2. The van der Waals surface area contributed by atoms with Crippen LogP contribution in [-0.4, -0.2) is 50.1 Å². The van der Waals surface area contributed by atoms with E-state index in [0.29, 0.717) is 6.54 Å². The highest BCUT2D eigenvalue weighted by Crippen LogP contribution is 1.95. The third-order valence-corrected chi connectivity index (χ3v) is 3.36. The monoisotopic (exact) mass is 446 g/mol. The topological polar surface area (TPSA) is 85.0 Å². The van der Waals surface area contributed by atoms with Crippen LogP contribution in [0.4, 0.5) is 0 Å². The number of hydrogen-bond acceptors (Lipinski definition) is 4. The minimum absolute atomic E-state index is 0. The van der Waals surface area contributed by atoms with Crippen LogP contribution in [0.3, 0.4) is 0 Å². The van der Waals surface area contributed by atoms with E-state index in [1.165, 1.54) is 5.56 Å². The molecule has 0 fully saturated rings. The van der Waals surface area contributed by atoms with Crippen molar-refractivity contribution >= 4 is 29.9 Å². The van der Waals surface area contributed by atoms with Gasteiger partial charge in [0, 0.05) is 32.3 Å². The summed E-state index contributed by atoms with van der Waals surface area (Å²) in [4.78, 5) is 4.57. The van der Waals surface area contributed by atoms with E-state index >= 15 is 0 Å². The Morgan fingerprint density at radius 1 is 1.25 bits per heavy atom. The molecule has 0 radical (unpaired) electrons. The molecule has 24 heavy (non-hydrogen) atoms. The maximum absolute atomic E-state index is 4.57. The van der Waals surface area contributed by atoms with Gasteiger partial charge in [0.05, 0.1) is 19.3 Å². The lowest BCUT2D eigenvalue weighted by Gasteiger charge is -2.12. The number of nitrogens with zero attached hydrogens (tertiary/aromatic N) is 6. The van der Waals surface area contributed by atoms with Gasteiger partial charge < -0.3 is 15.2 Å². The van der Waals surface area contributed by atoms with E-state index < -0.39 is 0 Å². The molecule has 2 rings (SSSR count). The van der Waals surface area contributed by atoms with E-state index in [0.717, 1.165) is 44.4 Å². The minimum atomic E-state index is 0. The Labute approximate surface area is 160 Å². The van der Waals surface area contributed by atoms with Crippen LogP contribution in [0.1, 0.15) is 25.2 Å². The number of aryl methyl sites for hydroxylation is 2. The molecule has 2 aromatic heterocycles. The van der Waals surface area contributed by atoms with Gasteiger partial charge in [-0.25, -0.2) is 0 Å². The molecule has 0 spiro atoms. The Hall–Kier alpha value is -1.65. The summed E-state index contributed by atoms with van der Waals surface area (Å²) in [6.07, 6.45) is 6.54. The quantitative estimate of drug-likeness (QED) is 0.362. The molecule has 8 nitrogen and oxygen atoms in total. The first-order valence-electron chi connectivity index (χ1n) is 8.10. The van der Waals surface area contributed by atoms with Gasteiger partial charge in [-0.1, -0.05) is 6.92 Å². The first kappa shape index (κ1) is 20.4. The highest BCUT2D eigenvalue weighted by atomic mass is 127. The molecule has 2 aromatic rings. The van der Waals surface area contributed by atoms with Gasteiger partial charge >= 0.3 is 0 Å². The molecular weight excluding hydrogens is 419 g/mol. The summed E-state index contributed by atoms with van der Waals surface area (Å²) in [7, 11) is 0. The predicted octanol–water partition coefficient (Wildman–Crippen LogP) is 1.22. The zero-order chi connectivity index (χ0) is 16.5. The molecule has 0 unspecified atom stereocenters. The molecule has 0 aliphatic heterocycles. The Kier molecular flexibility index (Phi) is 9.35. The summed E-state index contributed by atoms with van der Waals surface area (Å²) in [5.41, 5.74) is 1.17. The van der Waals surface area contributed by atoms with Crippen LogP contribution in [0.2, 0.25) is 0 Å². The van der Waals surface area contributed by atoms with Crippen LogP contribution in [0.5, 0.6) is 0 Å². The zero-order valence-corrected chi connectivity index (χ0v) is 16.9. The van der Waals surface area contributed by atoms with E-state index in [-0.39, 0.29) is 24.0 Å². The molecule has 0 saturated carbocycles. The van der Waals surface area contributed by atoms with E-state index in [1.54, 1.807) is 6.33 Å². The largest absolute Gasteiger partial charge is 0.357 e. The van der Waals surface area contributed by atoms with E-state index in [9.17, 15) is 0 Å². The Morgan fingerprint density at radius 2 is 2.08 bits per heavy atom. The first-order valence-corrected chi connectivity index (χ1v) is 8.10. The van der Waals surface area contributed by atoms with Crippen LogP contribution < -0.4 is 10.6 Å². The van der Waals surface area contributed by atoms with Crippen molar-refractivity contribution in [3.63, 3.8) is 0 Å². The van der Waals surface area contributed by atoms with Crippen LogP contribution in [-0.2, 0) is 19.5 Å². The van der Waals surface area contributed by atoms with Crippen LogP contribution >= 0.6 is 24.0 Å². The molecule has 0 aliphatic carbocycles. The van der Waals surface area contributed by atoms with Gasteiger partial charge in [0.2, 0.25) is 0 Å². The van der Waals surface area contributed by atoms with Gasteiger partial charge in [0.15, 0.2) is 5.96 Å².